The second-order valence-electron chi connectivity index (χ2n) is 8.93. The zero-order chi connectivity index (χ0) is 25.7. The van der Waals surface area contributed by atoms with Crippen molar-refractivity contribution in [3.8, 4) is 17.6 Å². The Morgan fingerprint density at radius 1 is 1.14 bits per heavy atom. The second-order valence-corrected chi connectivity index (χ2v) is 12.8. The number of carbonyl (C=O) groups excluding carboxylic acids is 1. The average Bonchev–Trinajstić information content (AvgIpc) is 3.14. The van der Waals surface area contributed by atoms with Crippen LogP contribution in [0.3, 0.4) is 0 Å². The summed E-state index contributed by atoms with van der Waals surface area (Å²) >= 11 is 0. The van der Waals surface area contributed by atoms with Crippen molar-refractivity contribution in [3.05, 3.63) is 59.4 Å². The van der Waals surface area contributed by atoms with Gasteiger partial charge in [-0.05, 0) is 36.5 Å². The standard InChI is InChI=1S/C24H24FN3O6S2/c1-2-35(30,31)27-12-19-18(20(19)13-27)10-8-17-9-11-21(34-15-16-6-4-3-5-7-16)24(23(17)25)28-14-22(29)26-36(28,32)33/h3-7,9,11,18-20H,2,12-15H2,1H3,(H,26,29)/t18?,19-,20+. The number of carbonyl (C=O) groups is 1. The minimum absolute atomic E-state index is 0.0328. The van der Waals surface area contributed by atoms with Crippen LogP contribution >= 0.6 is 0 Å². The SMILES string of the molecule is CCS(=O)(=O)N1C[C@@H]2C(C#Cc3ccc(OCc4ccccc4)c(N4CC(=O)NS4(=O)=O)c3F)[C@@H]2C1. The molecule has 0 spiro atoms. The van der Waals surface area contributed by atoms with Gasteiger partial charge in [-0.2, -0.15) is 8.42 Å². The van der Waals surface area contributed by atoms with E-state index in [1.807, 2.05) is 35.1 Å². The third-order valence-electron chi connectivity index (χ3n) is 6.68. The molecule has 12 heteroatoms. The summed E-state index contributed by atoms with van der Waals surface area (Å²) in [5.74, 6) is 4.31. The van der Waals surface area contributed by atoms with Crippen molar-refractivity contribution in [1.29, 1.82) is 0 Å². The molecule has 3 atom stereocenters. The molecule has 9 nitrogen and oxygen atoms in total. The molecule has 0 radical (unpaired) electrons. The van der Waals surface area contributed by atoms with E-state index in [1.165, 1.54) is 16.4 Å². The summed E-state index contributed by atoms with van der Waals surface area (Å²) in [5, 5.41) is 0. The first kappa shape index (κ1) is 24.5. The highest BCUT2D eigenvalue weighted by molar-refractivity contribution is 7.92. The number of amides is 1. The van der Waals surface area contributed by atoms with Gasteiger partial charge in [0.2, 0.25) is 10.0 Å². The van der Waals surface area contributed by atoms with Crippen molar-refractivity contribution in [3.63, 3.8) is 0 Å². The molecule has 2 saturated heterocycles. The van der Waals surface area contributed by atoms with E-state index >= 15 is 4.39 Å². The fraction of sp³-hybridized carbons (Fsp3) is 0.375. The van der Waals surface area contributed by atoms with Crippen molar-refractivity contribution in [2.24, 2.45) is 17.8 Å². The van der Waals surface area contributed by atoms with Crippen LogP contribution in [0, 0.1) is 35.4 Å². The smallest absolute Gasteiger partial charge is 0.326 e. The van der Waals surface area contributed by atoms with Crippen molar-refractivity contribution >= 4 is 31.8 Å². The maximum Gasteiger partial charge on any atom is 0.326 e. The lowest BCUT2D eigenvalue weighted by atomic mass is 10.1. The summed E-state index contributed by atoms with van der Waals surface area (Å²) in [4.78, 5) is 11.8. The summed E-state index contributed by atoms with van der Waals surface area (Å²) in [6, 6.07) is 11.9. The first-order valence-electron chi connectivity index (χ1n) is 11.4. The molecule has 2 aromatic carbocycles. The Balaban J connectivity index is 1.41. The van der Waals surface area contributed by atoms with Crippen LogP contribution in [0.4, 0.5) is 10.1 Å². The summed E-state index contributed by atoms with van der Waals surface area (Å²) in [7, 11) is -7.53. The van der Waals surface area contributed by atoms with Crippen LogP contribution in [0.1, 0.15) is 18.1 Å². The van der Waals surface area contributed by atoms with Crippen molar-refractivity contribution in [1.82, 2.24) is 9.03 Å². The molecule has 36 heavy (non-hydrogen) atoms. The molecule has 2 aliphatic heterocycles. The number of fused-ring (bicyclic) bond motifs is 1. The lowest BCUT2D eigenvalue weighted by Gasteiger charge is -2.20. The van der Waals surface area contributed by atoms with E-state index in [4.69, 9.17) is 4.74 Å². The van der Waals surface area contributed by atoms with Gasteiger partial charge in [0.1, 0.15) is 24.6 Å². The molecule has 3 fully saturated rings. The monoisotopic (exact) mass is 533 g/mol. The molecule has 5 rings (SSSR count). The number of anilines is 1. The van der Waals surface area contributed by atoms with Crippen LogP contribution in [-0.4, -0.2) is 52.4 Å². The van der Waals surface area contributed by atoms with Gasteiger partial charge in [-0.1, -0.05) is 42.2 Å². The Bertz CT molecular complexity index is 1470. The molecule has 3 aliphatic rings. The molecular formula is C24H24FN3O6S2. The number of sulfonamides is 1. The topological polar surface area (TPSA) is 113 Å². The van der Waals surface area contributed by atoms with Gasteiger partial charge >= 0.3 is 10.2 Å². The fourth-order valence-electron chi connectivity index (χ4n) is 4.65. The second kappa shape index (κ2) is 9.06. The van der Waals surface area contributed by atoms with Crippen LogP contribution in [0.2, 0.25) is 0 Å². The number of piperidine rings is 1. The zero-order valence-corrected chi connectivity index (χ0v) is 21.0. The first-order chi connectivity index (χ1) is 17.1. The fourth-order valence-corrected chi connectivity index (χ4v) is 6.97. The van der Waals surface area contributed by atoms with Crippen LogP contribution < -0.4 is 13.8 Å². The predicted octanol–water partition coefficient (Wildman–Crippen LogP) is 1.46. The van der Waals surface area contributed by atoms with E-state index < -0.39 is 38.5 Å². The third-order valence-corrected chi connectivity index (χ3v) is 9.87. The van der Waals surface area contributed by atoms with E-state index in [-0.39, 0.29) is 47.1 Å². The number of hydrogen-bond donors (Lipinski definition) is 1. The Morgan fingerprint density at radius 3 is 2.44 bits per heavy atom. The van der Waals surface area contributed by atoms with Gasteiger partial charge in [0, 0.05) is 19.0 Å². The molecule has 1 aliphatic carbocycles. The lowest BCUT2D eigenvalue weighted by molar-refractivity contribution is -0.117. The molecule has 2 aromatic rings. The van der Waals surface area contributed by atoms with Crippen LogP contribution in [0.25, 0.3) is 0 Å². The van der Waals surface area contributed by atoms with E-state index in [0.717, 1.165) is 5.56 Å². The maximum atomic E-state index is 15.7. The lowest BCUT2D eigenvalue weighted by Crippen LogP contribution is -2.32. The molecule has 0 aromatic heterocycles. The number of hydrogen-bond acceptors (Lipinski definition) is 6. The minimum Gasteiger partial charge on any atom is -0.487 e. The molecule has 1 saturated carbocycles. The number of ether oxygens (including phenoxy) is 1. The molecule has 2 heterocycles. The zero-order valence-electron chi connectivity index (χ0n) is 19.3. The Labute approximate surface area is 209 Å². The van der Waals surface area contributed by atoms with E-state index in [1.54, 1.807) is 6.92 Å². The van der Waals surface area contributed by atoms with Gasteiger partial charge < -0.3 is 4.74 Å². The summed E-state index contributed by atoms with van der Waals surface area (Å²) in [6.07, 6.45) is 0. The predicted molar refractivity (Wildman–Crippen MR) is 130 cm³/mol. The van der Waals surface area contributed by atoms with E-state index in [2.05, 4.69) is 11.8 Å². The average molecular weight is 534 g/mol. The molecule has 1 N–H and O–H groups in total. The highest BCUT2D eigenvalue weighted by atomic mass is 32.2. The molecule has 1 amide bonds. The highest BCUT2D eigenvalue weighted by Gasteiger charge is 2.57. The molecular weight excluding hydrogens is 509 g/mol. The number of benzene rings is 2. The number of nitrogens with one attached hydrogen (secondary N) is 1. The normalized spacial score (nSPS) is 24.6. The first-order valence-corrected chi connectivity index (χ1v) is 14.5. The molecule has 1 unspecified atom stereocenters. The van der Waals surface area contributed by atoms with Gasteiger partial charge in [-0.3, -0.25) is 4.79 Å². The van der Waals surface area contributed by atoms with Crippen molar-refractivity contribution in [2.45, 2.75) is 13.5 Å². The summed E-state index contributed by atoms with van der Waals surface area (Å²) in [5.41, 5.74) is 0.382. The van der Waals surface area contributed by atoms with Gasteiger partial charge in [-0.25, -0.2) is 26.1 Å². The van der Waals surface area contributed by atoms with Gasteiger partial charge in [0.05, 0.1) is 11.3 Å². The van der Waals surface area contributed by atoms with Crippen molar-refractivity contribution in [2.75, 3.05) is 29.7 Å². The minimum atomic E-state index is -4.28. The van der Waals surface area contributed by atoms with E-state index in [9.17, 15) is 21.6 Å². The van der Waals surface area contributed by atoms with E-state index in [0.29, 0.717) is 17.4 Å². The van der Waals surface area contributed by atoms with Crippen LogP contribution in [0.5, 0.6) is 5.75 Å². The maximum absolute atomic E-state index is 15.7. The Hall–Kier alpha value is -3.14. The third kappa shape index (κ3) is 4.54. The van der Waals surface area contributed by atoms with Crippen LogP contribution in [0.15, 0.2) is 42.5 Å². The number of rotatable bonds is 6. The van der Waals surface area contributed by atoms with Gasteiger partial charge in [0.25, 0.3) is 5.91 Å². The molecule has 0 bridgehead atoms. The Morgan fingerprint density at radius 2 is 1.83 bits per heavy atom. The molecule has 190 valence electrons. The Kier molecular flexibility index (Phi) is 6.18. The highest BCUT2D eigenvalue weighted by Crippen LogP contribution is 2.52. The van der Waals surface area contributed by atoms with Gasteiger partial charge in [0.15, 0.2) is 5.82 Å². The van der Waals surface area contributed by atoms with Crippen LogP contribution in [-0.2, 0) is 31.6 Å². The summed E-state index contributed by atoms with van der Waals surface area (Å²) < 4.78 is 74.5. The quantitative estimate of drug-likeness (QED) is 0.563. The number of halogens is 1. The van der Waals surface area contributed by atoms with Crippen molar-refractivity contribution < 1.29 is 30.8 Å². The van der Waals surface area contributed by atoms with Gasteiger partial charge in [-0.15, -0.1) is 0 Å². The number of nitrogens with zero attached hydrogens (tertiary/aromatic N) is 2. The largest absolute Gasteiger partial charge is 0.487 e. The summed E-state index contributed by atoms with van der Waals surface area (Å²) in [6.45, 7) is 1.90.